The zero-order chi connectivity index (χ0) is 19.9. The lowest BCUT2D eigenvalue weighted by atomic mass is 10.1. The Morgan fingerprint density at radius 2 is 1.59 bits per heavy atom. The maximum Gasteiger partial charge on any atom is 0.240 e. The Morgan fingerprint density at radius 1 is 1.00 bits per heavy atom. The highest BCUT2D eigenvalue weighted by Gasteiger charge is 2.23. The fourth-order valence-corrected chi connectivity index (χ4v) is 3.51. The number of hydrogen-bond acceptors (Lipinski definition) is 5. The van der Waals surface area contributed by atoms with E-state index in [1.165, 1.54) is 7.11 Å². The molecule has 8 heteroatoms. The summed E-state index contributed by atoms with van der Waals surface area (Å²) < 4.78 is 35.9. The van der Waals surface area contributed by atoms with E-state index in [1.807, 2.05) is 24.3 Å². The number of anilines is 1. The van der Waals surface area contributed by atoms with Crippen LogP contribution in [0.3, 0.4) is 0 Å². The molecule has 27 heavy (non-hydrogen) atoms. The Labute approximate surface area is 160 Å². The van der Waals surface area contributed by atoms with E-state index in [4.69, 9.17) is 9.47 Å². The van der Waals surface area contributed by atoms with Crippen LogP contribution < -0.4 is 19.1 Å². The molecule has 7 nitrogen and oxygen atoms in total. The molecule has 0 atom stereocenters. The van der Waals surface area contributed by atoms with Crippen LogP contribution in [0.5, 0.6) is 11.5 Å². The lowest BCUT2D eigenvalue weighted by Crippen LogP contribution is -2.41. The Kier molecular flexibility index (Phi) is 7.06. The third-order valence-corrected chi connectivity index (χ3v) is 5.08. The highest BCUT2D eigenvalue weighted by atomic mass is 32.2. The van der Waals surface area contributed by atoms with Crippen molar-refractivity contribution in [2.75, 3.05) is 37.9 Å². The topological polar surface area (TPSA) is 84.9 Å². The standard InChI is InChI=1S/C19H24N2O5S/c1-25-17-10-6-4-8-15(17)12-13-20-19(22)14-21(27(3,23)24)16-9-5-7-11-18(16)26-2/h4-11H,12-14H2,1-3H3,(H,20,22). The second-order valence-corrected chi connectivity index (χ2v) is 7.76. The molecule has 2 aromatic rings. The molecule has 0 aliphatic carbocycles. The number of methoxy groups -OCH3 is 2. The quantitative estimate of drug-likeness (QED) is 0.704. The van der Waals surface area contributed by atoms with Crippen LogP contribution in [0.1, 0.15) is 5.56 Å². The van der Waals surface area contributed by atoms with Crippen LogP contribution >= 0.6 is 0 Å². The van der Waals surface area contributed by atoms with Crippen molar-refractivity contribution in [2.24, 2.45) is 0 Å². The lowest BCUT2D eigenvalue weighted by Gasteiger charge is -2.23. The highest BCUT2D eigenvalue weighted by Crippen LogP contribution is 2.29. The van der Waals surface area contributed by atoms with Gasteiger partial charge in [0.25, 0.3) is 0 Å². The molecule has 0 aliphatic rings. The summed E-state index contributed by atoms with van der Waals surface area (Å²) in [6, 6.07) is 14.2. The summed E-state index contributed by atoms with van der Waals surface area (Å²) in [5.74, 6) is 0.726. The van der Waals surface area contributed by atoms with Gasteiger partial charge in [-0.2, -0.15) is 0 Å². The van der Waals surface area contributed by atoms with Gasteiger partial charge in [-0.05, 0) is 30.2 Å². The average molecular weight is 392 g/mol. The lowest BCUT2D eigenvalue weighted by molar-refractivity contribution is -0.119. The molecular weight excluding hydrogens is 368 g/mol. The molecule has 0 unspecified atom stereocenters. The minimum atomic E-state index is -3.66. The minimum Gasteiger partial charge on any atom is -0.496 e. The van der Waals surface area contributed by atoms with Gasteiger partial charge in [0.2, 0.25) is 15.9 Å². The number of hydrogen-bond donors (Lipinski definition) is 1. The van der Waals surface area contributed by atoms with E-state index >= 15 is 0 Å². The van der Waals surface area contributed by atoms with Gasteiger partial charge in [-0.25, -0.2) is 8.42 Å². The molecule has 0 radical (unpaired) electrons. The van der Waals surface area contributed by atoms with E-state index in [0.717, 1.165) is 21.9 Å². The van der Waals surface area contributed by atoms with Gasteiger partial charge in [-0.15, -0.1) is 0 Å². The number of benzene rings is 2. The molecule has 2 aromatic carbocycles. The van der Waals surface area contributed by atoms with Gasteiger partial charge in [0.1, 0.15) is 18.0 Å². The first-order valence-corrected chi connectivity index (χ1v) is 10.2. The van der Waals surface area contributed by atoms with Crippen molar-refractivity contribution in [3.63, 3.8) is 0 Å². The molecule has 1 N–H and O–H groups in total. The molecule has 0 aliphatic heterocycles. The highest BCUT2D eigenvalue weighted by molar-refractivity contribution is 7.92. The SMILES string of the molecule is COc1ccccc1CCNC(=O)CN(c1ccccc1OC)S(C)(=O)=O. The third-order valence-electron chi connectivity index (χ3n) is 3.95. The number of amides is 1. The molecule has 0 spiro atoms. The first-order chi connectivity index (χ1) is 12.9. The van der Waals surface area contributed by atoms with Crippen LogP contribution in [-0.2, 0) is 21.2 Å². The van der Waals surface area contributed by atoms with Crippen LogP contribution in [0.4, 0.5) is 5.69 Å². The van der Waals surface area contributed by atoms with Crippen LogP contribution in [0.15, 0.2) is 48.5 Å². The molecule has 146 valence electrons. The van der Waals surface area contributed by atoms with Gasteiger partial charge in [0, 0.05) is 6.54 Å². The predicted octanol–water partition coefficient (Wildman–Crippen LogP) is 1.83. The number of nitrogens with zero attached hydrogens (tertiary/aromatic N) is 1. The minimum absolute atomic E-state index is 0.322. The summed E-state index contributed by atoms with van der Waals surface area (Å²) in [5, 5.41) is 2.75. The smallest absolute Gasteiger partial charge is 0.240 e. The molecule has 0 bridgehead atoms. The first-order valence-electron chi connectivity index (χ1n) is 8.36. The van der Waals surface area contributed by atoms with Crippen molar-refractivity contribution in [1.29, 1.82) is 0 Å². The number of carbonyl (C=O) groups is 1. The van der Waals surface area contributed by atoms with Crippen LogP contribution in [-0.4, -0.2) is 47.9 Å². The molecule has 0 fully saturated rings. The largest absolute Gasteiger partial charge is 0.496 e. The Morgan fingerprint density at radius 3 is 2.22 bits per heavy atom. The van der Waals surface area contributed by atoms with Gasteiger partial charge >= 0.3 is 0 Å². The number of rotatable bonds is 9. The van der Waals surface area contributed by atoms with Crippen molar-refractivity contribution in [3.8, 4) is 11.5 Å². The maximum absolute atomic E-state index is 12.3. The molecule has 0 saturated carbocycles. The number of ether oxygens (including phenoxy) is 2. The first kappa shape index (κ1) is 20.6. The van der Waals surface area contributed by atoms with Gasteiger partial charge in [-0.3, -0.25) is 9.10 Å². The van der Waals surface area contributed by atoms with E-state index in [-0.39, 0.29) is 6.54 Å². The number of para-hydroxylation sites is 3. The fraction of sp³-hybridized carbons (Fsp3) is 0.316. The Balaban J connectivity index is 2.04. The third kappa shape index (κ3) is 5.62. The monoisotopic (exact) mass is 392 g/mol. The van der Waals surface area contributed by atoms with Gasteiger partial charge in [-0.1, -0.05) is 30.3 Å². The average Bonchev–Trinajstić information content (AvgIpc) is 2.65. The van der Waals surface area contributed by atoms with Gasteiger partial charge in [0.05, 0.1) is 26.2 Å². The second kappa shape index (κ2) is 9.27. The summed E-state index contributed by atoms with van der Waals surface area (Å²) in [5.41, 5.74) is 1.28. The Hall–Kier alpha value is -2.74. The molecule has 0 heterocycles. The van der Waals surface area contributed by atoms with Gasteiger partial charge < -0.3 is 14.8 Å². The van der Waals surface area contributed by atoms with Crippen molar-refractivity contribution in [3.05, 3.63) is 54.1 Å². The summed E-state index contributed by atoms with van der Waals surface area (Å²) in [4.78, 5) is 12.3. The van der Waals surface area contributed by atoms with Crippen molar-refractivity contribution >= 4 is 21.6 Å². The van der Waals surface area contributed by atoms with Crippen LogP contribution in [0, 0.1) is 0 Å². The molecule has 0 saturated heterocycles. The Bertz CT molecular complexity index is 883. The fourth-order valence-electron chi connectivity index (χ4n) is 2.65. The molecular formula is C19H24N2O5S. The maximum atomic E-state index is 12.3. The summed E-state index contributed by atoms with van der Waals surface area (Å²) in [6.07, 6.45) is 1.63. The van der Waals surface area contributed by atoms with Crippen molar-refractivity contribution < 1.29 is 22.7 Å². The van der Waals surface area contributed by atoms with E-state index < -0.39 is 15.9 Å². The zero-order valence-corrected chi connectivity index (χ0v) is 16.5. The molecule has 1 amide bonds. The van der Waals surface area contributed by atoms with Crippen LogP contribution in [0.25, 0.3) is 0 Å². The van der Waals surface area contributed by atoms with Crippen LogP contribution in [0.2, 0.25) is 0 Å². The number of sulfonamides is 1. The summed E-state index contributed by atoms with van der Waals surface area (Å²) >= 11 is 0. The van der Waals surface area contributed by atoms with Gasteiger partial charge in [0.15, 0.2) is 0 Å². The molecule has 2 rings (SSSR count). The zero-order valence-electron chi connectivity index (χ0n) is 15.6. The van der Waals surface area contributed by atoms with Crippen molar-refractivity contribution in [1.82, 2.24) is 5.32 Å². The normalized spacial score (nSPS) is 10.9. The number of nitrogens with one attached hydrogen (secondary N) is 1. The van der Waals surface area contributed by atoms with E-state index in [0.29, 0.717) is 24.4 Å². The van der Waals surface area contributed by atoms with E-state index in [1.54, 1.807) is 31.4 Å². The summed E-state index contributed by atoms with van der Waals surface area (Å²) in [7, 11) is -0.618. The summed E-state index contributed by atoms with van der Waals surface area (Å²) in [6.45, 7) is 0.0356. The predicted molar refractivity (Wildman–Crippen MR) is 105 cm³/mol. The molecule has 0 aromatic heterocycles. The van der Waals surface area contributed by atoms with Crippen molar-refractivity contribution in [2.45, 2.75) is 6.42 Å². The second-order valence-electron chi connectivity index (χ2n) is 5.85. The number of carbonyl (C=O) groups excluding carboxylic acids is 1. The van der Waals surface area contributed by atoms with E-state index in [9.17, 15) is 13.2 Å². The van der Waals surface area contributed by atoms with E-state index in [2.05, 4.69) is 5.32 Å².